The number of aromatic nitrogens is 3. The lowest BCUT2D eigenvalue weighted by Gasteiger charge is -2.43. The molecule has 28 heavy (non-hydrogen) atoms. The van der Waals surface area contributed by atoms with Crippen LogP contribution in [0, 0.1) is 0 Å². The predicted octanol–water partition coefficient (Wildman–Crippen LogP) is 3.46. The molecule has 0 bridgehead atoms. The van der Waals surface area contributed by atoms with Crippen LogP contribution >= 0.6 is 0 Å². The first-order valence-corrected chi connectivity index (χ1v) is 9.44. The van der Waals surface area contributed by atoms with E-state index in [1.54, 1.807) is 4.90 Å². The number of alkyl halides is 2. The zero-order valence-corrected chi connectivity index (χ0v) is 15.2. The molecule has 0 aliphatic carbocycles. The van der Waals surface area contributed by atoms with Gasteiger partial charge in [-0.05, 0) is 37.0 Å². The molecule has 5 rings (SSSR count). The third kappa shape index (κ3) is 2.63. The Morgan fingerprint density at radius 2 is 2.00 bits per heavy atom. The van der Waals surface area contributed by atoms with Gasteiger partial charge in [-0.2, -0.15) is 13.9 Å². The Kier molecular flexibility index (Phi) is 3.97. The number of likely N-dealkylation sites (tertiary alicyclic amines) is 1. The van der Waals surface area contributed by atoms with Crippen molar-refractivity contribution in [3.05, 3.63) is 53.5 Å². The zero-order valence-electron chi connectivity index (χ0n) is 15.2. The van der Waals surface area contributed by atoms with E-state index in [1.165, 1.54) is 17.0 Å². The average Bonchev–Trinajstić information content (AvgIpc) is 3.34. The molecule has 2 aliphatic heterocycles. The molecule has 1 saturated heterocycles. The van der Waals surface area contributed by atoms with Gasteiger partial charge in [0.05, 0.1) is 12.3 Å². The highest BCUT2D eigenvalue weighted by atomic mass is 19.3. The quantitative estimate of drug-likeness (QED) is 0.734. The Morgan fingerprint density at radius 1 is 1.21 bits per heavy atom. The number of aromatic amines is 1. The van der Waals surface area contributed by atoms with Gasteiger partial charge >= 0.3 is 6.55 Å². The summed E-state index contributed by atoms with van der Waals surface area (Å²) in [5.74, 6) is -0.318. The number of nitrogens with zero attached hydrogens (tertiary/aromatic N) is 3. The maximum atomic E-state index is 12.7. The number of carbonyl (C=O) groups excluding carboxylic acids is 1. The number of nitrogens with one attached hydrogen (secondary N) is 1. The Bertz CT molecular complexity index is 1030. The van der Waals surface area contributed by atoms with E-state index in [0.29, 0.717) is 37.2 Å². The number of carbonyl (C=O) groups is 1. The number of fused-ring (bicyclic) bond motifs is 4. The van der Waals surface area contributed by atoms with Crippen molar-refractivity contribution in [2.45, 2.75) is 31.4 Å². The van der Waals surface area contributed by atoms with Crippen LogP contribution in [0.15, 0.2) is 36.5 Å². The molecule has 0 saturated carbocycles. The fourth-order valence-electron chi connectivity index (χ4n) is 4.46. The highest BCUT2D eigenvalue weighted by molar-refractivity contribution is 5.92. The van der Waals surface area contributed by atoms with E-state index in [2.05, 4.69) is 22.2 Å². The number of para-hydroxylation sites is 1. The summed E-state index contributed by atoms with van der Waals surface area (Å²) in [4.78, 5) is 17.9. The van der Waals surface area contributed by atoms with E-state index in [1.807, 2.05) is 12.1 Å². The maximum absolute atomic E-state index is 12.7. The first-order chi connectivity index (χ1) is 13.6. The van der Waals surface area contributed by atoms with Crippen LogP contribution < -0.4 is 0 Å². The van der Waals surface area contributed by atoms with Gasteiger partial charge in [0.1, 0.15) is 5.60 Å². The molecule has 1 fully saturated rings. The molecule has 0 unspecified atom stereocenters. The third-order valence-corrected chi connectivity index (χ3v) is 5.89. The Morgan fingerprint density at radius 3 is 2.75 bits per heavy atom. The van der Waals surface area contributed by atoms with Gasteiger partial charge in [-0.1, -0.05) is 18.2 Å². The van der Waals surface area contributed by atoms with E-state index in [-0.39, 0.29) is 11.6 Å². The lowest BCUT2D eigenvalue weighted by Crippen LogP contribution is -2.48. The van der Waals surface area contributed by atoms with Crippen LogP contribution in [-0.2, 0) is 16.8 Å². The molecule has 1 amide bonds. The first-order valence-electron chi connectivity index (χ1n) is 9.44. The van der Waals surface area contributed by atoms with Crippen LogP contribution in [0.4, 0.5) is 8.78 Å². The molecule has 1 spiro atoms. The number of H-pyrrole nitrogens is 1. The second kappa shape index (κ2) is 6.41. The molecule has 1 N–H and O–H groups in total. The normalized spacial score (nSPS) is 18.8. The van der Waals surface area contributed by atoms with Crippen LogP contribution in [-0.4, -0.2) is 45.3 Å². The van der Waals surface area contributed by atoms with Crippen LogP contribution in [0.2, 0.25) is 0 Å². The standard InChI is InChI=1S/C20H20F2N4O2/c21-19(22)26-9-5-16(24-26)18(27)25-10-7-20(8-11-25)17-14(6-12-28-20)13-3-1-2-4-15(13)23-17/h1-5,9,19,23H,6-8,10-12H2. The maximum Gasteiger partial charge on any atom is 0.333 e. The van der Waals surface area contributed by atoms with Crippen LogP contribution in [0.5, 0.6) is 0 Å². The van der Waals surface area contributed by atoms with Crippen molar-refractivity contribution >= 4 is 16.8 Å². The molecule has 4 heterocycles. The van der Waals surface area contributed by atoms with E-state index in [4.69, 9.17) is 4.74 Å². The minimum Gasteiger partial charge on any atom is -0.368 e. The monoisotopic (exact) mass is 386 g/mol. The molecular formula is C20H20F2N4O2. The minimum atomic E-state index is -2.75. The summed E-state index contributed by atoms with van der Waals surface area (Å²) in [5.41, 5.74) is 3.15. The lowest BCUT2D eigenvalue weighted by atomic mass is 9.83. The van der Waals surface area contributed by atoms with Crippen molar-refractivity contribution in [1.82, 2.24) is 19.7 Å². The largest absolute Gasteiger partial charge is 0.368 e. The lowest BCUT2D eigenvalue weighted by molar-refractivity contribution is -0.0958. The van der Waals surface area contributed by atoms with Crippen molar-refractivity contribution < 1.29 is 18.3 Å². The molecule has 0 radical (unpaired) electrons. The van der Waals surface area contributed by atoms with Crippen LogP contribution in [0.25, 0.3) is 10.9 Å². The van der Waals surface area contributed by atoms with E-state index in [9.17, 15) is 13.6 Å². The summed E-state index contributed by atoms with van der Waals surface area (Å²) in [5, 5.41) is 4.92. The van der Waals surface area contributed by atoms with Gasteiger partial charge < -0.3 is 14.6 Å². The number of amides is 1. The van der Waals surface area contributed by atoms with Gasteiger partial charge in [-0.25, -0.2) is 4.68 Å². The first kappa shape index (κ1) is 17.4. The number of hydrogen-bond donors (Lipinski definition) is 1. The Balaban J connectivity index is 1.38. The second-order valence-electron chi connectivity index (χ2n) is 7.37. The van der Waals surface area contributed by atoms with Crippen molar-refractivity contribution in [1.29, 1.82) is 0 Å². The highest BCUT2D eigenvalue weighted by Gasteiger charge is 2.43. The van der Waals surface area contributed by atoms with Crippen molar-refractivity contribution in [3.8, 4) is 0 Å². The van der Waals surface area contributed by atoms with Crippen molar-refractivity contribution in [3.63, 3.8) is 0 Å². The molecule has 3 aromatic rings. The second-order valence-corrected chi connectivity index (χ2v) is 7.37. The van der Waals surface area contributed by atoms with Crippen molar-refractivity contribution in [2.24, 2.45) is 0 Å². The Labute approximate surface area is 160 Å². The van der Waals surface area contributed by atoms with Gasteiger partial charge in [0.25, 0.3) is 5.91 Å². The number of piperidine rings is 1. The molecule has 6 nitrogen and oxygen atoms in total. The van der Waals surface area contributed by atoms with Crippen LogP contribution in [0.1, 0.15) is 41.1 Å². The number of ether oxygens (including phenoxy) is 1. The third-order valence-electron chi connectivity index (χ3n) is 5.89. The number of benzene rings is 1. The zero-order chi connectivity index (χ0) is 19.3. The molecular weight excluding hydrogens is 366 g/mol. The van der Waals surface area contributed by atoms with Gasteiger partial charge in [0.2, 0.25) is 0 Å². The SMILES string of the molecule is O=C(c1ccn(C(F)F)n1)N1CCC2(CC1)OCCc1c2[nH]c2ccccc12. The summed E-state index contributed by atoms with van der Waals surface area (Å²) in [6.07, 6.45) is 3.32. The van der Waals surface area contributed by atoms with Gasteiger partial charge in [-0.3, -0.25) is 4.79 Å². The summed E-state index contributed by atoms with van der Waals surface area (Å²) >= 11 is 0. The minimum absolute atomic E-state index is 0.0483. The smallest absolute Gasteiger partial charge is 0.333 e. The Hall–Kier alpha value is -2.74. The van der Waals surface area contributed by atoms with E-state index < -0.39 is 12.2 Å². The molecule has 2 aromatic heterocycles. The van der Waals surface area contributed by atoms with E-state index in [0.717, 1.165) is 23.8 Å². The fraction of sp³-hybridized carbons (Fsp3) is 0.400. The summed E-state index contributed by atoms with van der Waals surface area (Å²) in [7, 11) is 0. The summed E-state index contributed by atoms with van der Waals surface area (Å²) < 4.78 is 32.2. The van der Waals surface area contributed by atoms with Crippen LogP contribution in [0.3, 0.4) is 0 Å². The fourth-order valence-corrected chi connectivity index (χ4v) is 4.46. The van der Waals surface area contributed by atoms with E-state index >= 15 is 0 Å². The average molecular weight is 386 g/mol. The topological polar surface area (TPSA) is 63.1 Å². The number of hydrogen-bond acceptors (Lipinski definition) is 3. The molecule has 8 heteroatoms. The van der Waals surface area contributed by atoms with Gasteiger partial charge in [0.15, 0.2) is 5.69 Å². The van der Waals surface area contributed by atoms with Gasteiger partial charge in [0, 0.05) is 30.2 Å². The predicted molar refractivity (Wildman–Crippen MR) is 98.3 cm³/mol. The summed E-state index contributed by atoms with van der Waals surface area (Å²) in [6.45, 7) is -1.10. The highest BCUT2D eigenvalue weighted by Crippen LogP contribution is 2.43. The number of rotatable bonds is 2. The number of halogens is 2. The van der Waals surface area contributed by atoms with Gasteiger partial charge in [-0.15, -0.1) is 0 Å². The molecule has 1 aromatic carbocycles. The molecule has 2 aliphatic rings. The van der Waals surface area contributed by atoms with Crippen molar-refractivity contribution in [2.75, 3.05) is 19.7 Å². The molecule has 146 valence electrons. The molecule has 0 atom stereocenters. The summed E-state index contributed by atoms with van der Waals surface area (Å²) in [6, 6.07) is 9.59.